The molecule has 0 saturated heterocycles. The van der Waals surface area contributed by atoms with Crippen molar-refractivity contribution in [1.82, 2.24) is 14.5 Å². The van der Waals surface area contributed by atoms with Crippen molar-refractivity contribution in [3.63, 3.8) is 0 Å². The second-order valence-electron chi connectivity index (χ2n) is 2.76. The van der Waals surface area contributed by atoms with Gasteiger partial charge in [-0.1, -0.05) is 17.3 Å². The van der Waals surface area contributed by atoms with E-state index in [4.69, 9.17) is 12.2 Å². The number of fused-ring (bicyclic) bond motifs is 1. The largest absolute Gasteiger partial charge is 0.369 e. The zero-order chi connectivity index (χ0) is 11.0. The number of nitrogen functional groups attached to an aromatic ring is 1. The third kappa shape index (κ3) is 1.41. The van der Waals surface area contributed by atoms with Gasteiger partial charge in [0.15, 0.2) is 5.65 Å². The lowest BCUT2D eigenvalue weighted by atomic mass is 10.5. The zero-order valence-electron chi connectivity index (χ0n) is 7.48. The van der Waals surface area contributed by atoms with Gasteiger partial charge in [0.1, 0.15) is 4.70 Å². The first kappa shape index (κ1) is 9.48. The number of anilines is 1. The SMILES string of the molecule is C#CCn1c(=O)sc2c(=O)[nH]c(N)nc21. The van der Waals surface area contributed by atoms with Crippen molar-refractivity contribution >= 4 is 27.6 Å². The van der Waals surface area contributed by atoms with Crippen LogP contribution in [0.15, 0.2) is 9.59 Å². The maximum atomic E-state index is 11.4. The van der Waals surface area contributed by atoms with E-state index in [0.717, 1.165) is 11.3 Å². The molecular weight excluding hydrogens is 216 g/mol. The normalized spacial score (nSPS) is 10.3. The molecule has 2 heterocycles. The van der Waals surface area contributed by atoms with Crippen LogP contribution >= 0.6 is 11.3 Å². The van der Waals surface area contributed by atoms with Gasteiger partial charge in [-0.25, -0.2) is 0 Å². The summed E-state index contributed by atoms with van der Waals surface area (Å²) in [6.07, 6.45) is 5.11. The lowest BCUT2D eigenvalue weighted by molar-refractivity contribution is 0.845. The van der Waals surface area contributed by atoms with Crippen LogP contribution in [0.5, 0.6) is 0 Å². The Kier molecular flexibility index (Phi) is 2.06. The number of thiazole rings is 1. The fourth-order valence-corrected chi connectivity index (χ4v) is 2.03. The molecule has 0 bridgehead atoms. The summed E-state index contributed by atoms with van der Waals surface area (Å²) in [6, 6.07) is 0. The fraction of sp³-hybridized carbons (Fsp3) is 0.125. The average molecular weight is 222 g/mol. The van der Waals surface area contributed by atoms with Gasteiger partial charge in [-0.2, -0.15) is 4.98 Å². The maximum absolute atomic E-state index is 11.4. The van der Waals surface area contributed by atoms with Crippen molar-refractivity contribution in [2.75, 3.05) is 5.73 Å². The molecule has 76 valence electrons. The molecule has 2 rings (SSSR count). The minimum atomic E-state index is -0.421. The van der Waals surface area contributed by atoms with Gasteiger partial charge in [-0.3, -0.25) is 19.1 Å². The second kappa shape index (κ2) is 3.25. The van der Waals surface area contributed by atoms with E-state index in [9.17, 15) is 9.59 Å². The summed E-state index contributed by atoms with van der Waals surface area (Å²) in [6.45, 7) is 0.0781. The molecule has 15 heavy (non-hydrogen) atoms. The standard InChI is InChI=1S/C8H6N4O2S/c1-2-3-12-5-4(15-8(12)14)6(13)11-7(9)10-5/h1H,3H2,(H3,9,10,11,13). The van der Waals surface area contributed by atoms with Gasteiger partial charge in [0.25, 0.3) is 5.56 Å². The highest BCUT2D eigenvalue weighted by atomic mass is 32.1. The molecule has 6 nitrogen and oxygen atoms in total. The summed E-state index contributed by atoms with van der Waals surface area (Å²) in [5.41, 5.74) is 5.19. The van der Waals surface area contributed by atoms with E-state index >= 15 is 0 Å². The van der Waals surface area contributed by atoms with Crippen molar-refractivity contribution in [3.05, 3.63) is 20.0 Å². The number of nitrogens with zero attached hydrogens (tertiary/aromatic N) is 2. The molecule has 0 aromatic carbocycles. The molecule has 0 spiro atoms. The summed E-state index contributed by atoms with van der Waals surface area (Å²) in [5.74, 6) is 2.29. The number of nitrogens with two attached hydrogens (primary N) is 1. The third-order valence-electron chi connectivity index (χ3n) is 1.79. The van der Waals surface area contributed by atoms with E-state index in [2.05, 4.69) is 15.9 Å². The molecule has 3 N–H and O–H groups in total. The number of terminal acetylenes is 1. The van der Waals surface area contributed by atoms with Crippen LogP contribution in [0.4, 0.5) is 5.95 Å². The van der Waals surface area contributed by atoms with Gasteiger partial charge in [0.05, 0.1) is 6.54 Å². The number of aromatic nitrogens is 3. The summed E-state index contributed by atoms with van der Waals surface area (Å²) < 4.78 is 1.48. The molecule has 0 aliphatic carbocycles. The Labute approximate surface area is 87.4 Å². The van der Waals surface area contributed by atoms with Crippen LogP contribution in [0.2, 0.25) is 0 Å². The molecule has 0 fully saturated rings. The lowest BCUT2D eigenvalue weighted by Gasteiger charge is -1.96. The number of H-pyrrole nitrogens is 1. The van der Waals surface area contributed by atoms with Gasteiger partial charge in [0, 0.05) is 0 Å². The highest BCUT2D eigenvalue weighted by Gasteiger charge is 2.11. The van der Waals surface area contributed by atoms with Crippen molar-refractivity contribution in [1.29, 1.82) is 0 Å². The van der Waals surface area contributed by atoms with Gasteiger partial charge < -0.3 is 5.73 Å². The molecule has 0 aliphatic heterocycles. The quantitative estimate of drug-likeness (QED) is 0.628. The molecule has 2 aromatic heterocycles. The smallest absolute Gasteiger partial charge is 0.310 e. The van der Waals surface area contributed by atoms with Crippen LogP contribution in [-0.2, 0) is 6.54 Å². The molecule has 0 amide bonds. The molecule has 0 saturated carbocycles. The Morgan fingerprint density at radius 2 is 2.33 bits per heavy atom. The Morgan fingerprint density at radius 1 is 1.60 bits per heavy atom. The number of aromatic amines is 1. The summed E-state index contributed by atoms with van der Waals surface area (Å²) >= 11 is 0.804. The predicted octanol–water partition coefficient (Wildman–Crippen LogP) is -0.638. The van der Waals surface area contributed by atoms with E-state index in [1.807, 2.05) is 0 Å². The first-order valence-electron chi connectivity index (χ1n) is 3.96. The topological polar surface area (TPSA) is 93.8 Å². The van der Waals surface area contributed by atoms with E-state index < -0.39 is 5.56 Å². The van der Waals surface area contributed by atoms with E-state index in [1.165, 1.54) is 4.57 Å². The average Bonchev–Trinajstić information content (AvgIpc) is 2.46. The maximum Gasteiger partial charge on any atom is 0.310 e. The molecule has 0 radical (unpaired) electrons. The van der Waals surface area contributed by atoms with Crippen LogP contribution in [0.3, 0.4) is 0 Å². The molecular formula is C8H6N4O2S. The molecule has 2 aromatic rings. The van der Waals surface area contributed by atoms with Crippen molar-refractivity contribution in [2.24, 2.45) is 0 Å². The summed E-state index contributed by atoms with van der Waals surface area (Å²) in [7, 11) is 0. The Morgan fingerprint density at radius 3 is 3.00 bits per heavy atom. The van der Waals surface area contributed by atoms with E-state index in [-0.39, 0.29) is 27.7 Å². The molecule has 0 aliphatic rings. The van der Waals surface area contributed by atoms with Gasteiger partial charge in [-0.05, 0) is 0 Å². The molecule has 0 atom stereocenters. The summed E-state index contributed by atoms with van der Waals surface area (Å²) in [4.78, 5) is 28.7. The Balaban J connectivity index is 2.94. The van der Waals surface area contributed by atoms with Crippen molar-refractivity contribution in [3.8, 4) is 12.3 Å². The van der Waals surface area contributed by atoms with Crippen molar-refractivity contribution in [2.45, 2.75) is 6.54 Å². The fourth-order valence-electron chi connectivity index (χ4n) is 1.20. The van der Waals surface area contributed by atoms with Crippen molar-refractivity contribution < 1.29 is 0 Å². The third-order valence-corrected chi connectivity index (χ3v) is 2.76. The minimum Gasteiger partial charge on any atom is -0.369 e. The van der Waals surface area contributed by atoms with Crippen LogP contribution in [0, 0.1) is 12.3 Å². The Hall–Kier alpha value is -2.07. The van der Waals surface area contributed by atoms with Crippen LogP contribution in [0.1, 0.15) is 0 Å². The first-order valence-corrected chi connectivity index (χ1v) is 4.77. The number of hydrogen-bond acceptors (Lipinski definition) is 5. The highest BCUT2D eigenvalue weighted by molar-refractivity contribution is 7.16. The van der Waals surface area contributed by atoms with E-state index in [0.29, 0.717) is 0 Å². The number of hydrogen-bond donors (Lipinski definition) is 2. The first-order chi connectivity index (χ1) is 7.13. The number of rotatable bonds is 1. The van der Waals surface area contributed by atoms with E-state index in [1.54, 1.807) is 0 Å². The predicted molar refractivity (Wildman–Crippen MR) is 57.7 cm³/mol. The molecule has 7 heteroatoms. The van der Waals surface area contributed by atoms with Crippen LogP contribution in [0.25, 0.3) is 10.3 Å². The molecule has 0 unspecified atom stereocenters. The van der Waals surface area contributed by atoms with Crippen LogP contribution < -0.4 is 16.2 Å². The van der Waals surface area contributed by atoms with Crippen LogP contribution in [-0.4, -0.2) is 14.5 Å². The monoisotopic (exact) mass is 222 g/mol. The van der Waals surface area contributed by atoms with Gasteiger partial charge in [0.2, 0.25) is 5.95 Å². The minimum absolute atomic E-state index is 0.0314. The highest BCUT2D eigenvalue weighted by Crippen LogP contribution is 2.10. The second-order valence-corrected chi connectivity index (χ2v) is 3.72. The van der Waals surface area contributed by atoms with Gasteiger partial charge >= 0.3 is 4.87 Å². The zero-order valence-corrected chi connectivity index (χ0v) is 8.30. The van der Waals surface area contributed by atoms with Gasteiger partial charge in [-0.15, -0.1) is 6.42 Å². The number of nitrogens with one attached hydrogen (secondary N) is 1. The summed E-state index contributed by atoms with van der Waals surface area (Å²) in [5, 5.41) is 0. The Bertz CT molecular complexity index is 672. The lowest BCUT2D eigenvalue weighted by Crippen LogP contribution is -2.14.